The van der Waals surface area contributed by atoms with Crippen molar-refractivity contribution in [3.8, 4) is 11.5 Å². The molecule has 0 saturated carbocycles. The number of sulfonamides is 1. The zero-order valence-electron chi connectivity index (χ0n) is 18.4. The summed E-state index contributed by atoms with van der Waals surface area (Å²) in [4.78, 5) is 23.7. The predicted molar refractivity (Wildman–Crippen MR) is 137 cm³/mol. The Labute approximate surface area is 214 Å². The zero-order valence-corrected chi connectivity index (χ0v) is 21.5. The number of nitrogens with two attached hydrogens (primary N) is 1. The summed E-state index contributed by atoms with van der Waals surface area (Å²) in [6.45, 7) is 0. The summed E-state index contributed by atoms with van der Waals surface area (Å²) >= 11 is 9.44. The van der Waals surface area contributed by atoms with E-state index in [2.05, 4.69) is 31.3 Å². The number of nitrogens with one attached hydrogen (secondary N) is 3. The third-order valence-corrected chi connectivity index (χ3v) is 6.95. The van der Waals surface area contributed by atoms with Crippen molar-refractivity contribution in [1.82, 2.24) is 0 Å². The van der Waals surface area contributed by atoms with E-state index in [1.807, 2.05) is 0 Å². The first-order chi connectivity index (χ1) is 16.5. The molecule has 0 bridgehead atoms. The topological polar surface area (TPSA) is 149 Å². The van der Waals surface area contributed by atoms with Crippen molar-refractivity contribution < 1.29 is 27.5 Å². The molecule has 13 heteroatoms. The van der Waals surface area contributed by atoms with Gasteiger partial charge in [0.15, 0.2) is 0 Å². The molecule has 0 atom stereocenters. The van der Waals surface area contributed by atoms with Crippen molar-refractivity contribution >= 4 is 66.6 Å². The van der Waals surface area contributed by atoms with Crippen molar-refractivity contribution in [2.24, 2.45) is 5.73 Å². The number of hydrogen-bond acceptors (Lipinski definition) is 6. The molecule has 0 aliphatic carbocycles. The molecule has 5 N–H and O–H groups in total. The normalized spacial score (nSPS) is 10.9. The first kappa shape index (κ1) is 26.1. The van der Waals surface area contributed by atoms with E-state index in [-0.39, 0.29) is 38.3 Å². The summed E-state index contributed by atoms with van der Waals surface area (Å²) in [5, 5.41) is 5.06. The predicted octanol–water partition coefficient (Wildman–Crippen LogP) is 4.66. The largest absolute Gasteiger partial charge is 0.496 e. The van der Waals surface area contributed by atoms with Crippen LogP contribution in [0, 0.1) is 0 Å². The van der Waals surface area contributed by atoms with Crippen LogP contribution in [-0.4, -0.2) is 34.6 Å². The molecule has 0 aromatic heterocycles. The fourth-order valence-corrected chi connectivity index (χ4v) is 5.01. The Morgan fingerprint density at radius 1 is 0.886 bits per heavy atom. The van der Waals surface area contributed by atoms with Crippen LogP contribution in [0.2, 0.25) is 5.02 Å². The Morgan fingerprint density at radius 2 is 1.49 bits per heavy atom. The SMILES string of the molecule is COc1ccc(NS(=O)(=O)c2cc(NC(=O)c3cc(NC(N)=O)ccc3Cl)ccc2OC)cc1Br. The van der Waals surface area contributed by atoms with Crippen LogP contribution in [0.3, 0.4) is 0 Å². The van der Waals surface area contributed by atoms with Crippen molar-refractivity contribution in [1.29, 1.82) is 0 Å². The van der Waals surface area contributed by atoms with Crippen LogP contribution < -0.4 is 30.6 Å². The van der Waals surface area contributed by atoms with E-state index in [0.717, 1.165) is 0 Å². The molecule has 35 heavy (non-hydrogen) atoms. The molecule has 0 heterocycles. The third-order valence-electron chi connectivity index (χ3n) is 4.59. The van der Waals surface area contributed by atoms with Crippen molar-refractivity contribution in [3.63, 3.8) is 0 Å². The number of rotatable bonds is 8. The second kappa shape index (κ2) is 10.8. The van der Waals surface area contributed by atoms with Gasteiger partial charge in [0.05, 0.1) is 35.0 Å². The maximum atomic E-state index is 13.1. The van der Waals surface area contributed by atoms with Crippen LogP contribution in [0.25, 0.3) is 0 Å². The van der Waals surface area contributed by atoms with E-state index in [0.29, 0.717) is 10.2 Å². The van der Waals surface area contributed by atoms with Crippen molar-refractivity contribution in [2.45, 2.75) is 4.90 Å². The first-order valence-electron chi connectivity index (χ1n) is 9.76. The minimum Gasteiger partial charge on any atom is -0.496 e. The lowest BCUT2D eigenvalue weighted by molar-refractivity contribution is 0.102. The summed E-state index contributed by atoms with van der Waals surface area (Å²) < 4.78 is 39.7. The quantitative estimate of drug-likeness (QED) is 0.303. The lowest BCUT2D eigenvalue weighted by Gasteiger charge is -2.15. The van der Waals surface area contributed by atoms with Gasteiger partial charge in [-0.15, -0.1) is 0 Å². The zero-order chi connectivity index (χ0) is 25.8. The van der Waals surface area contributed by atoms with Crippen LogP contribution in [-0.2, 0) is 10.0 Å². The fourth-order valence-electron chi connectivity index (χ4n) is 3.02. The number of halogens is 2. The number of amides is 3. The van der Waals surface area contributed by atoms with Crippen molar-refractivity contribution in [2.75, 3.05) is 29.6 Å². The molecule has 0 unspecified atom stereocenters. The molecule has 0 fully saturated rings. The summed E-state index contributed by atoms with van der Waals surface area (Å²) in [5.41, 5.74) is 5.85. The Hall–Kier alpha value is -3.48. The highest BCUT2D eigenvalue weighted by atomic mass is 79.9. The molecule has 3 rings (SSSR count). The Kier molecular flexibility index (Phi) is 8.10. The molecule has 0 spiro atoms. The van der Waals surface area contributed by atoms with E-state index in [1.54, 1.807) is 12.1 Å². The first-order valence-corrected chi connectivity index (χ1v) is 12.4. The molecule has 3 aromatic carbocycles. The van der Waals surface area contributed by atoms with Crippen LogP contribution in [0.15, 0.2) is 64.0 Å². The third kappa shape index (κ3) is 6.35. The van der Waals surface area contributed by atoms with Gasteiger partial charge in [-0.1, -0.05) is 11.6 Å². The molecular weight excluding hydrogens is 564 g/mol. The average molecular weight is 584 g/mol. The second-order valence-electron chi connectivity index (χ2n) is 6.96. The number of methoxy groups -OCH3 is 2. The monoisotopic (exact) mass is 582 g/mol. The van der Waals surface area contributed by atoms with Gasteiger partial charge in [0.2, 0.25) is 0 Å². The van der Waals surface area contributed by atoms with Crippen LogP contribution in [0.4, 0.5) is 21.9 Å². The van der Waals surface area contributed by atoms with Crippen molar-refractivity contribution in [3.05, 3.63) is 69.7 Å². The second-order valence-corrected chi connectivity index (χ2v) is 9.87. The summed E-state index contributed by atoms with van der Waals surface area (Å²) in [7, 11) is -1.30. The highest BCUT2D eigenvalue weighted by molar-refractivity contribution is 9.10. The van der Waals surface area contributed by atoms with E-state index in [1.165, 1.54) is 56.7 Å². The molecule has 0 radical (unpaired) electrons. The number of hydrogen-bond donors (Lipinski definition) is 4. The minimum atomic E-state index is -4.12. The molecule has 0 saturated heterocycles. The number of primary amides is 1. The Morgan fingerprint density at radius 3 is 2.11 bits per heavy atom. The van der Waals surface area contributed by atoms with E-state index >= 15 is 0 Å². The number of ether oxygens (including phenoxy) is 2. The fraction of sp³-hybridized carbons (Fsp3) is 0.0909. The van der Waals surface area contributed by atoms with Gasteiger partial charge < -0.3 is 25.8 Å². The minimum absolute atomic E-state index is 0.0411. The van der Waals surface area contributed by atoms with E-state index < -0.39 is 22.0 Å². The number of anilines is 3. The van der Waals surface area contributed by atoms with Gasteiger partial charge >= 0.3 is 6.03 Å². The maximum absolute atomic E-state index is 13.1. The summed E-state index contributed by atoms with van der Waals surface area (Å²) in [5.74, 6) is -0.0403. The highest BCUT2D eigenvalue weighted by Crippen LogP contribution is 2.32. The van der Waals surface area contributed by atoms with Gasteiger partial charge in [0.1, 0.15) is 16.4 Å². The van der Waals surface area contributed by atoms with Crippen LogP contribution in [0.1, 0.15) is 10.4 Å². The smallest absolute Gasteiger partial charge is 0.316 e. The standard InChI is InChI=1S/C22H20BrClN4O6S/c1-33-18-7-5-14(10-16(18)23)28-35(31,32)20-11-13(4-8-19(20)34-2)26-21(29)15-9-12(27-22(25)30)3-6-17(15)24/h3-11,28H,1-2H3,(H,26,29)(H3,25,27,30). The summed E-state index contributed by atoms with van der Waals surface area (Å²) in [6, 6.07) is 12.2. The van der Waals surface area contributed by atoms with Crippen LogP contribution >= 0.6 is 27.5 Å². The molecule has 0 aliphatic heterocycles. The molecule has 10 nitrogen and oxygen atoms in total. The molecular formula is C22H20BrClN4O6S. The van der Waals surface area contributed by atoms with Gasteiger partial charge in [-0.2, -0.15) is 0 Å². The van der Waals surface area contributed by atoms with Gasteiger partial charge in [-0.25, -0.2) is 13.2 Å². The number of carbonyl (C=O) groups excluding carboxylic acids is 2. The van der Waals surface area contributed by atoms with Gasteiger partial charge in [-0.05, 0) is 70.5 Å². The molecule has 0 aliphatic rings. The molecule has 3 amide bonds. The van der Waals surface area contributed by atoms with Gasteiger partial charge in [-0.3, -0.25) is 9.52 Å². The van der Waals surface area contributed by atoms with Gasteiger partial charge in [0.25, 0.3) is 15.9 Å². The molecule has 184 valence electrons. The highest BCUT2D eigenvalue weighted by Gasteiger charge is 2.22. The Balaban J connectivity index is 1.90. The number of urea groups is 1. The maximum Gasteiger partial charge on any atom is 0.316 e. The van der Waals surface area contributed by atoms with E-state index in [4.69, 9.17) is 26.8 Å². The Bertz CT molecular complexity index is 1400. The van der Waals surface area contributed by atoms with E-state index in [9.17, 15) is 18.0 Å². The average Bonchev–Trinajstić information content (AvgIpc) is 2.79. The summed E-state index contributed by atoms with van der Waals surface area (Å²) in [6.07, 6.45) is 0. The lowest BCUT2D eigenvalue weighted by atomic mass is 10.1. The lowest BCUT2D eigenvalue weighted by Crippen LogP contribution is -2.20. The van der Waals surface area contributed by atoms with Crippen LogP contribution in [0.5, 0.6) is 11.5 Å². The number of carbonyl (C=O) groups is 2. The van der Waals surface area contributed by atoms with Gasteiger partial charge in [0, 0.05) is 11.4 Å². The number of benzene rings is 3. The molecule has 3 aromatic rings.